The molecule has 0 radical (unpaired) electrons. The standard InChI is InChI=1S/C18H26N4O3/c1-11(2)16-19-12(3)10-15(20-16)21-6-8-22(9-7-21)17(23)13-4-5-14(13)18(24)25/h10-11,13-14H,4-9H2,1-3H3,(H,24,25). The summed E-state index contributed by atoms with van der Waals surface area (Å²) in [4.78, 5) is 36.8. The van der Waals surface area contributed by atoms with Gasteiger partial charge in [-0.25, -0.2) is 9.97 Å². The average Bonchev–Trinajstić information content (AvgIpc) is 2.52. The fourth-order valence-electron chi connectivity index (χ4n) is 3.48. The number of carboxylic acids is 1. The quantitative estimate of drug-likeness (QED) is 0.892. The van der Waals surface area contributed by atoms with Gasteiger partial charge in [0.15, 0.2) is 0 Å². The maximum absolute atomic E-state index is 12.6. The molecule has 1 saturated carbocycles. The molecule has 136 valence electrons. The van der Waals surface area contributed by atoms with Crippen molar-refractivity contribution >= 4 is 17.7 Å². The number of hydrogen-bond donors (Lipinski definition) is 1. The van der Waals surface area contributed by atoms with Gasteiger partial charge in [-0.3, -0.25) is 9.59 Å². The van der Waals surface area contributed by atoms with E-state index in [4.69, 9.17) is 5.11 Å². The molecule has 1 aliphatic heterocycles. The number of anilines is 1. The molecule has 25 heavy (non-hydrogen) atoms. The van der Waals surface area contributed by atoms with E-state index in [1.807, 2.05) is 17.9 Å². The Balaban J connectivity index is 1.62. The second-order valence-corrected chi connectivity index (χ2v) is 7.32. The molecule has 1 N–H and O–H groups in total. The first kappa shape index (κ1) is 17.6. The summed E-state index contributed by atoms with van der Waals surface area (Å²) in [6, 6.07) is 1.98. The maximum atomic E-state index is 12.6. The number of carboxylic acid groups (broad SMARTS) is 1. The number of aliphatic carboxylic acids is 1. The first-order chi connectivity index (χ1) is 11.9. The highest BCUT2D eigenvalue weighted by atomic mass is 16.4. The number of amides is 1. The van der Waals surface area contributed by atoms with Crippen molar-refractivity contribution in [3.63, 3.8) is 0 Å². The zero-order chi connectivity index (χ0) is 18.1. The Morgan fingerprint density at radius 3 is 2.28 bits per heavy atom. The molecule has 2 fully saturated rings. The molecular formula is C18H26N4O3. The van der Waals surface area contributed by atoms with Gasteiger partial charge >= 0.3 is 5.97 Å². The average molecular weight is 346 g/mol. The SMILES string of the molecule is Cc1cc(N2CCN(C(=O)C3CCC3C(=O)O)CC2)nc(C(C)C)n1. The highest BCUT2D eigenvalue weighted by Crippen LogP contribution is 2.36. The van der Waals surface area contributed by atoms with Gasteiger partial charge in [0.2, 0.25) is 5.91 Å². The molecule has 3 rings (SSSR count). The van der Waals surface area contributed by atoms with Crippen molar-refractivity contribution in [1.29, 1.82) is 0 Å². The van der Waals surface area contributed by atoms with E-state index in [0.717, 1.165) is 17.3 Å². The van der Waals surface area contributed by atoms with Gasteiger partial charge in [0, 0.05) is 43.9 Å². The molecule has 1 saturated heterocycles. The van der Waals surface area contributed by atoms with Crippen LogP contribution in [0.5, 0.6) is 0 Å². The minimum atomic E-state index is -0.846. The van der Waals surface area contributed by atoms with E-state index in [1.54, 1.807) is 0 Å². The van der Waals surface area contributed by atoms with E-state index in [1.165, 1.54) is 0 Å². The molecule has 0 spiro atoms. The number of hydrogen-bond acceptors (Lipinski definition) is 5. The number of piperazine rings is 1. The summed E-state index contributed by atoms with van der Waals surface area (Å²) in [6.07, 6.45) is 1.31. The minimum Gasteiger partial charge on any atom is -0.481 e. The van der Waals surface area contributed by atoms with Crippen molar-refractivity contribution in [2.24, 2.45) is 11.8 Å². The summed E-state index contributed by atoms with van der Waals surface area (Å²) >= 11 is 0. The Morgan fingerprint density at radius 2 is 1.76 bits per heavy atom. The van der Waals surface area contributed by atoms with Gasteiger partial charge in [-0.1, -0.05) is 13.8 Å². The van der Waals surface area contributed by atoms with Gasteiger partial charge in [0.25, 0.3) is 0 Å². The lowest BCUT2D eigenvalue weighted by atomic mass is 9.73. The van der Waals surface area contributed by atoms with Crippen LogP contribution in [-0.2, 0) is 9.59 Å². The van der Waals surface area contributed by atoms with Gasteiger partial charge in [0.05, 0.1) is 11.8 Å². The molecule has 7 nitrogen and oxygen atoms in total. The van der Waals surface area contributed by atoms with Crippen molar-refractivity contribution in [2.75, 3.05) is 31.1 Å². The number of nitrogens with zero attached hydrogens (tertiary/aromatic N) is 4. The Hall–Kier alpha value is -2.18. The number of aryl methyl sites for hydroxylation is 1. The Labute approximate surface area is 148 Å². The molecule has 1 amide bonds. The van der Waals surface area contributed by atoms with Crippen LogP contribution < -0.4 is 4.90 Å². The highest BCUT2D eigenvalue weighted by molar-refractivity contribution is 5.86. The molecule has 2 atom stereocenters. The Kier molecular flexibility index (Phi) is 4.92. The molecule has 2 aliphatic rings. The molecule has 1 aliphatic carbocycles. The summed E-state index contributed by atoms with van der Waals surface area (Å²) in [6.45, 7) is 8.77. The van der Waals surface area contributed by atoms with E-state index in [-0.39, 0.29) is 17.7 Å². The van der Waals surface area contributed by atoms with Gasteiger partial charge in [-0.05, 0) is 19.8 Å². The van der Waals surface area contributed by atoms with Gasteiger partial charge < -0.3 is 14.9 Å². The first-order valence-corrected chi connectivity index (χ1v) is 8.99. The molecular weight excluding hydrogens is 320 g/mol. The van der Waals surface area contributed by atoms with Crippen LogP contribution in [0.15, 0.2) is 6.07 Å². The largest absolute Gasteiger partial charge is 0.481 e. The third kappa shape index (κ3) is 3.60. The third-order valence-corrected chi connectivity index (χ3v) is 5.20. The second-order valence-electron chi connectivity index (χ2n) is 7.32. The van der Waals surface area contributed by atoms with Crippen molar-refractivity contribution in [1.82, 2.24) is 14.9 Å². The third-order valence-electron chi connectivity index (χ3n) is 5.20. The molecule has 0 aromatic carbocycles. The minimum absolute atomic E-state index is 0.0000347. The van der Waals surface area contributed by atoms with E-state index in [2.05, 4.69) is 28.7 Å². The van der Waals surface area contributed by atoms with Crippen molar-refractivity contribution in [2.45, 2.75) is 39.5 Å². The summed E-state index contributed by atoms with van der Waals surface area (Å²) in [5.41, 5.74) is 0.950. The zero-order valence-corrected chi connectivity index (χ0v) is 15.1. The molecule has 2 heterocycles. The number of carbonyl (C=O) groups is 2. The summed E-state index contributed by atoms with van der Waals surface area (Å²) in [5, 5.41) is 9.15. The van der Waals surface area contributed by atoms with Crippen molar-refractivity contribution in [3.05, 3.63) is 17.6 Å². The highest BCUT2D eigenvalue weighted by Gasteiger charge is 2.43. The summed E-state index contributed by atoms with van der Waals surface area (Å²) in [5.74, 6) is 0.346. The van der Waals surface area contributed by atoms with Crippen LogP contribution in [-0.4, -0.2) is 58.0 Å². The lowest BCUT2D eigenvalue weighted by Gasteiger charge is -2.40. The van der Waals surface area contributed by atoms with E-state index < -0.39 is 11.9 Å². The van der Waals surface area contributed by atoms with Gasteiger partial charge in [-0.15, -0.1) is 0 Å². The predicted molar refractivity (Wildman–Crippen MR) is 93.5 cm³/mol. The molecule has 2 unspecified atom stereocenters. The number of rotatable bonds is 4. The molecule has 7 heteroatoms. The van der Waals surface area contributed by atoms with Crippen molar-refractivity contribution < 1.29 is 14.7 Å². The summed E-state index contributed by atoms with van der Waals surface area (Å²) in [7, 11) is 0. The van der Waals surface area contributed by atoms with Gasteiger partial charge in [-0.2, -0.15) is 0 Å². The van der Waals surface area contributed by atoms with Crippen LogP contribution in [0.2, 0.25) is 0 Å². The molecule has 0 bridgehead atoms. The van der Waals surface area contributed by atoms with Crippen molar-refractivity contribution in [3.8, 4) is 0 Å². The molecule has 1 aromatic rings. The number of carbonyl (C=O) groups excluding carboxylic acids is 1. The van der Waals surface area contributed by atoms with Crippen LogP contribution in [0.1, 0.15) is 44.1 Å². The fraction of sp³-hybridized carbons (Fsp3) is 0.667. The van der Waals surface area contributed by atoms with Crippen LogP contribution in [0.25, 0.3) is 0 Å². The lowest BCUT2D eigenvalue weighted by Crippen LogP contribution is -2.53. The lowest BCUT2D eigenvalue weighted by molar-refractivity contribution is -0.156. The Morgan fingerprint density at radius 1 is 1.12 bits per heavy atom. The normalized spacial score (nSPS) is 23.5. The predicted octanol–water partition coefficient (Wildman–Crippen LogP) is 1.67. The molecule has 1 aromatic heterocycles. The monoisotopic (exact) mass is 346 g/mol. The fourth-order valence-corrected chi connectivity index (χ4v) is 3.48. The second kappa shape index (κ2) is 6.98. The topological polar surface area (TPSA) is 86.6 Å². The van der Waals surface area contributed by atoms with Crippen LogP contribution >= 0.6 is 0 Å². The van der Waals surface area contributed by atoms with Crippen LogP contribution in [0, 0.1) is 18.8 Å². The maximum Gasteiger partial charge on any atom is 0.307 e. The Bertz CT molecular complexity index is 668. The van der Waals surface area contributed by atoms with E-state index in [0.29, 0.717) is 39.0 Å². The summed E-state index contributed by atoms with van der Waals surface area (Å²) < 4.78 is 0. The van der Waals surface area contributed by atoms with Crippen LogP contribution in [0.4, 0.5) is 5.82 Å². The number of aromatic nitrogens is 2. The zero-order valence-electron chi connectivity index (χ0n) is 15.1. The van der Waals surface area contributed by atoms with E-state index in [9.17, 15) is 9.59 Å². The first-order valence-electron chi connectivity index (χ1n) is 8.99. The smallest absolute Gasteiger partial charge is 0.307 e. The van der Waals surface area contributed by atoms with E-state index >= 15 is 0 Å². The van der Waals surface area contributed by atoms with Gasteiger partial charge in [0.1, 0.15) is 11.6 Å². The van der Waals surface area contributed by atoms with Crippen LogP contribution in [0.3, 0.4) is 0 Å².